The Hall–Kier alpha value is -3.97. The molecule has 0 bridgehead atoms. The molecule has 0 spiro atoms. The summed E-state index contributed by atoms with van der Waals surface area (Å²) in [6.45, 7) is 6.07. The Bertz CT molecular complexity index is 1420. The zero-order valence-electron chi connectivity index (χ0n) is 21.2. The fourth-order valence-electron chi connectivity index (χ4n) is 4.42. The molecule has 1 unspecified atom stereocenters. The van der Waals surface area contributed by atoms with Crippen molar-refractivity contribution in [2.24, 2.45) is 0 Å². The number of rotatable bonds is 5. The highest BCUT2D eigenvalue weighted by atomic mass is 35.5. The van der Waals surface area contributed by atoms with Crippen LogP contribution in [0, 0.1) is 0 Å². The number of Topliss-reactive ketones (excluding diaryl/α,β-unsaturated/α-hetero) is 1. The summed E-state index contributed by atoms with van der Waals surface area (Å²) in [7, 11) is 2.88. The van der Waals surface area contributed by atoms with Gasteiger partial charge in [-0.3, -0.25) is 14.5 Å². The molecule has 0 aliphatic carbocycles. The molecule has 0 aromatic heterocycles. The van der Waals surface area contributed by atoms with E-state index in [1.807, 2.05) is 26.8 Å². The zero-order valence-corrected chi connectivity index (χ0v) is 22.0. The number of phenolic OH excluding ortho intramolecular Hbond substituents is 1. The molecule has 37 heavy (non-hydrogen) atoms. The molecule has 1 amide bonds. The number of aromatic hydroxyl groups is 1. The van der Waals surface area contributed by atoms with E-state index in [2.05, 4.69) is 0 Å². The van der Waals surface area contributed by atoms with Crippen LogP contribution >= 0.6 is 11.6 Å². The minimum atomic E-state index is -1.06. The van der Waals surface area contributed by atoms with Crippen LogP contribution in [-0.4, -0.2) is 36.1 Å². The van der Waals surface area contributed by atoms with Crippen LogP contribution in [0.15, 0.2) is 66.2 Å². The van der Waals surface area contributed by atoms with Crippen molar-refractivity contribution >= 4 is 34.7 Å². The van der Waals surface area contributed by atoms with Gasteiger partial charge in [0.25, 0.3) is 11.7 Å². The molecule has 3 aromatic rings. The molecule has 1 atom stereocenters. The third-order valence-electron chi connectivity index (χ3n) is 6.37. The highest BCUT2D eigenvalue weighted by Crippen LogP contribution is 2.45. The van der Waals surface area contributed by atoms with Gasteiger partial charge in [-0.15, -0.1) is 0 Å². The normalized spacial score (nSPS) is 17.2. The lowest BCUT2D eigenvalue weighted by atomic mass is 9.85. The third-order valence-corrected chi connectivity index (χ3v) is 6.61. The second-order valence-electron chi connectivity index (χ2n) is 9.75. The Morgan fingerprint density at radius 1 is 0.946 bits per heavy atom. The molecular formula is C29H28ClNO6. The van der Waals surface area contributed by atoms with Crippen LogP contribution < -0.4 is 14.4 Å². The number of aliphatic hydroxyl groups excluding tert-OH is 1. The second kappa shape index (κ2) is 9.82. The summed E-state index contributed by atoms with van der Waals surface area (Å²) in [5.74, 6) is -1.70. The average molecular weight is 522 g/mol. The highest BCUT2D eigenvalue weighted by Gasteiger charge is 2.47. The fraction of sp³-hybridized carbons (Fsp3) is 0.241. The topological polar surface area (TPSA) is 96.3 Å². The predicted molar refractivity (Wildman–Crippen MR) is 143 cm³/mol. The first-order valence-electron chi connectivity index (χ1n) is 11.6. The van der Waals surface area contributed by atoms with E-state index in [0.717, 1.165) is 5.56 Å². The Morgan fingerprint density at radius 3 is 2.22 bits per heavy atom. The van der Waals surface area contributed by atoms with Gasteiger partial charge in [0.05, 0.1) is 31.4 Å². The molecule has 1 aliphatic rings. The van der Waals surface area contributed by atoms with Crippen molar-refractivity contribution in [2.75, 3.05) is 19.1 Å². The number of nitrogens with zero attached hydrogens (tertiary/aromatic N) is 1. The first-order valence-corrected chi connectivity index (χ1v) is 12.0. The highest BCUT2D eigenvalue weighted by molar-refractivity contribution is 6.51. The number of anilines is 1. The number of aliphatic hydroxyl groups is 1. The standard InChI is InChI=1S/C29H28ClNO6/c1-29(2,3)17-10-12-22(36-4)20(14-17)26(33)24-25(16-9-11-23(37-5)21(32)13-16)31(28(35)27(24)34)19-8-6-7-18(30)15-19/h6-15,25,32-33H,1-5H3/b26-24+. The lowest BCUT2D eigenvalue weighted by Gasteiger charge is -2.26. The number of halogens is 1. The Kier molecular flexibility index (Phi) is 6.93. The molecule has 1 heterocycles. The van der Waals surface area contributed by atoms with E-state index in [1.165, 1.54) is 31.3 Å². The van der Waals surface area contributed by atoms with Crippen LogP contribution in [0.1, 0.15) is 43.5 Å². The molecule has 1 fully saturated rings. The molecular weight excluding hydrogens is 494 g/mol. The minimum absolute atomic E-state index is 0.140. The number of phenols is 1. The van der Waals surface area contributed by atoms with Gasteiger partial charge in [0.15, 0.2) is 11.5 Å². The van der Waals surface area contributed by atoms with Crippen LogP contribution in [0.3, 0.4) is 0 Å². The molecule has 2 N–H and O–H groups in total. The molecule has 4 rings (SSSR count). The fourth-order valence-corrected chi connectivity index (χ4v) is 4.61. The van der Waals surface area contributed by atoms with Gasteiger partial charge in [-0.1, -0.05) is 50.6 Å². The van der Waals surface area contributed by atoms with Crippen molar-refractivity contribution in [1.29, 1.82) is 0 Å². The molecule has 0 saturated carbocycles. The summed E-state index contributed by atoms with van der Waals surface area (Å²) in [6, 6.07) is 15.4. The van der Waals surface area contributed by atoms with Gasteiger partial charge in [0, 0.05) is 10.7 Å². The van der Waals surface area contributed by atoms with Gasteiger partial charge in [-0.05, 0) is 59.0 Å². The first-order chi connectivity index (χ1) is 17.5. The number of hydrogen-bond donors (Lipinski definition) is 2. The van der Waals surface area contributed by atoms with E-state index in [-0.39, 0.29) is 33.8 Å². The lowest BCUT2D eigenvalue weighted by Crippen LogP contribution is -2.29. The third kappa shape index (κ3) is 4.74. The van der Waals surface area contributed by atoms with Crippen molar-refractivity contribution in [3.63, 3.8) is 0 Å². The summed E-state index contributed by atoms with van der Waals surface area (Å²) < 4.78 is 10.7. The maximum absolute atomic E-state index is 13.5. The van der Waals surface area contributed by atoms with Crippen molar-refractivity contribution in [3.05, 3.63) is 87.9 Å². The van der Waals surface area contributed by atoms with Gasteiger partial charge >= 0.3 is 0 Å². The SMILES string of the molecule is COc1ccc(C2/C(=C(\O)c3cc(C(C)(C)C)ccc3OC)C(=O)C(=O)N2c2cccc(Cl)c2)cc1O. The first kappa shape index (κ1) is 26.1. The van der Waals surface area contributed by atoms with E-state index >= 15 is 0 Å². The van der Waals surface area contributed by atoms with Crippen LogP contribution in [-0.2, 0) is 15.0 Å². The lowest BCUT2D eigenvalue weighted by molar-refractivity contribution is -0.132. The molecule has 3 aromatic carbocycles. The minimum Gasteiger partial charge on any atom is -0.507 e. The maximum Gasteiger partial charge on any atom is 0.300 e. The molecule has 1 aliphatic heterocycles. The van der Waals surface area contributed by atoms with Gasteiger partial charge in [-0.2, -0.15) is 0 Å². The molecule has 7 nitrogen and oxygen atoms in total. The number of benzene rings is 3. The summed E-state index contributed by atoms with van der Waals surface area (Å²) in [5, 5.41) is 22.5. The number of methoxy groups -OCH3 is 2. The van der Waals surface area contributed by atoms with Crippen molar-refractivity contribution in [2.45, 2.75) is 32.2 Å². The summed E-state index contributed by atoms with van der Waals surface area (Å²) in [5.41, 5.74) is 1.54. The van der Waals surface area contributed by atoms with Crippen molar-refractivity contribution < 1.29 is 29.3 Å². The van der Waals surface area contributed by atoms with Crippen molar-refractivity contribution in [1.82, 2.24) is 0 Å². The van der Waals surface area contributed by atoms with E-state index in [0.29, 0.717) is 22.0 Å². The molecule has 1 saturated heterocycles. The molecule has 8 heteroatoms. The number of amides is 1. The van der Waals surface area contributed by atoms with E-state index in [1.54, 1.807) is 42.5 Å². The van der Waals surface area contributed by atoms with Gasteiger partial charge < -0.3 is 19.7 Å². The smallest absolute Gasteiger partial charge is 0.300 e. The maximum atomic E-state index is 13.5. The second-order valence-corrected chi connectivity index (χ2v) is 10.2. The quantitative estimate of drug-likeness (QED) is 0.243. The van der Waals surface area contributed by atoms with Crippen LogP contribution in [0.2, 0.25) is 5.02 Å². The largest absolute Gasteiger partial charge is 0.507 e. The predicted octanol–water partition coefficient (Wildman–Crippen LogP) is 5.99. The number of ketones is 1. The van der Waals surface area contributed by atoms with E-state index in [4.69, 9.17) is 21.1 Å². The van der Waals surface area contributed by atoms with Gasteiger partial charge in [-0.25, -0.2) is 0 Å². The Labute approximate surface area is 220 Å². The summed E-state index contributed by atoms with van der Waals surface area (Å²) >= 11 is 6.20. The number of hydrogen-bond acceptors (Lipinski definition) is 6. The van der Waals surface area contributed by atoms with Crippen molar-refractivity contribution in [3.8, 4) is 17.2 Å². The summed E-state index contributed by atoms with van der Waals surface area (Å²) in [6.07, 6.45) is 0. The van der Waals surface area contributed by atoms with Crippen LogP contribution in [0.4, 0.5) is 5.69 Å². The van der Waals surface area contributed by atoms with Crippen LogP contribution in [0.5, 0.6) is 17.2 Å². The molecule has 0 radical (unpaired) electrons. The number of carbonyl (C=O) groups is 2. The monoisotopic (exact) mass is 521 g/mol. The number of ether oxygens (including phenoxy) is 2. The Morgan fingerprint density at radius 2 is 1.62 bits per heavy atom. The Balaban J connectivity index is 2.02. The summed E-state index contributed by atoms with van der Waals surface area (Å²) in [4.78, 5) is 28.2. The van der Waals surface area contributed by atoms with Gasteiger partial charge in [0.2, 0.25) is 0 Å². The molecule has 192 valence electrons. The van der Waals surface area contributed by atoms with E-state index in [9.17, 15) is 19.8 Å². The van der Waals surface area contributed by atoms with Gasteiger partial charge in [0.1, 0.15) is 11.5 Å². The zero-order chi connectivity index (χ0) is 27.1. The van der Waals surface area contributed by atoms with Crippen LogP contribution in [0.25, 0.3) is 5.76 Å². The number of carbonyl (C=O) groups excluding carboxylic acids is 2. The average Bonchev–Trinajstić information content (AvgIpc) is 3.12. The van der Waals surface area contributed by atoms with E-state index < -0.39 is 17.7 Å².